The molecule has 0 unspecified atom stereocenters. The number of ketones is 1. The third kappa shape index (κ3) is 4.03. The van der Waals surface area contributed by atoms with Gasteiger partial charge in [0.05, 0.1) is 7.11 Å². The van der Waals surface area contributed by atoms with Crippen LogP contribution < -0.4 is 9.47 Å². The van der Waals surface area contributed by atoms with Gasteiger partial charge < -0.3 is 9.47 Å². The van der Waals surface area contributed by atoms with Crippen molar-refractivity contribution < 1.29 is 14.3 Å². The van der Waals surface area contributed by atoms with Gasteiger partial charge in [-0.1, -0.05) is 56.2 Å². The van der Waals surface area contributed by atoms with Crippen LogP contribution in [0.1, 0.15) is 68.1 Å². The molecule has 2 aromatic carbocycles. The SMILES string of the molecule is CCCCCc1cc(OC)c2c(c1)OCC1=C[C@H](c3ccccc3)C[C@H](C(C)=O)[C@@H]12. The third-order valence-corrected chi connectivity index (χ3v) is 6.63. The smallest absolute Gasteiger partial charge is 0.133 e. The van der Waals surface area contributed by atoms with Crippen molar-refractivity contribution in [1.29, 1.82) is 0 Å². The van der Waals surface area contributed by atoms with Gasteiger partial charge >= 0.3 is 0 Å². The summed E-state index contributed by atoms with van der Waals surface area (Å²) in [4.78, 5) is 12.8. The fourth-order valence-electron chi connectivity index (χ4n) is 5.09. The summed E-state index contributed by atoms with van der Waals surface area (Å²) in [6.07, 6.45) is 7.79. The maximum Gasteiger partial charge on any atom is 0.133 e. The monoisotopic (exact) mass is 404 g/mol. The number of rotatable bonds is 7. The Morgan fingerprint density at radius 2 is 1.97 bits per heavy atom. The quantitative estimate of drug-likeness (QED) is 0.406. The fraction of sp³-hybridized carbons (Fsp3) is 0.444. The molecule has 1 heterocycles. The molecule has 0 saturated heterocycles. The van der Waals surface area contributed by atoms with Crippen molar-refractivity contribution in [1.82, 2.24) is 0 Å². The van der Waals surface area contributed by atoms with E-state index in [4.69, 9.17) is 9.47 Å². The molecule has 0 fully saturated rings. The predicted molar refractivity (Wildman–Crippen MR) is 121 cm³/mol. The Morgan fingerprint density at radius 1 is 1.17 bits per heavy atom. The first-order chi connectivity index (χ1) is 14.6. The van der Waals surface area contributed by atoms with E-state index < -0.39 is 0 Å². The van der Waals surface area contributed by atoms with Crippen LogP contribution in [0.15, 0.2) is 54.1 Å². The number of hydrogen-bond acceptors (Lipinski definition) is 3. The lowest BCUT2D eigenvalue weighted by molar-refractivity contribution is -0.121. The molecule has 0 radical (unpaired) electrons. The normalized spacial score (nSPS) is 22.4. The lowest BCUT2D eigenvalue weighted by Gasteiger charge is -2.39. The first kappa shape index (κ1) is 20.7. The van der Waals surface area contributed by atoms with E-state index in [1.807, 2.05) is 6.07 Å². The second-order valence-electron chi connectivity index (χ2n) is 8.64. The fourth-order valence-corrected chi connectivity index (χ4v) is 5.09. The van der Waals surface area contributed by atoms with E-state index in [9.17, 15) is 4.79 Å². The molecule has 0 spiro atoms. The number of allylic oxidation sites excluding steroid dienone is 1. The first-order valence-electron chi connectivity index (χ1n) is 11.2. The van der Waals surface area contributed by atoms with Gasteiger partial charge in [0.15, 0.2) is 0 Å². The number of fused-ring (bicyclic) bond motifs is 3. The molecule has 0 bridgehead atoms. The minimum Gasteiger partial charge on any atom is -0.496 e. The summed E-state index contributed by atoms with van der Waals surface area (Å²) in [6, 6.07) is 14.8. The van der Waals surface area contributed by atoms with Gasteiger partial charge in [0.2, 0.25) is 0 Å². The van der Waals surface area contributed by atoms with Crippen LogP contribution in [-0.2, 0) is 11.2 Å². The number of carbonyl (C=O) groups excluding carboxylic acids is 1. The Labute approximate surface area is 180 Å². The zero-order valence-corrected chi connectivity index (χ0v) is 18.3. The van der Waals surface area contributed by atoms with Crippen molar-refractivity contribution in [3.05, 3.63) is 70.8 Å². The lowest BCUT2D eigenvalue weighted by atomic mass is 9.67. The van der Waals surface area contributed by atoms with Crippen LogP contribution in [0, 0.1) is 5.92 Å². The number of hydrogen-bond donors (Lipinski definition) is 0. The standard InChI is InChI=1S/C27H32O3/c1-4-5-7-10-19-13-24(29-3)27-25(14-19)30-17-22-15-21(20-11-8-6-9-12-20)16-23(18(2)28)26(22)27/h6,8-9,11-15,21,23,26H,4-5,7,10,16-17H2,1-3H3/t21-,23+,26+/m0/s1. The van der Waals surface area contributed by atoms with E-state index in [1.165, 1.54) is 36.0 Å². The molecular formula is C27H32O3. The van der Waals surface area contributed by atoms with Crippen molar-refractivity contribution in [3.8, 4) is 11.5 Å². The molecule has 0 N–H and O–H groups in total. The van der Waals surface area contributed by atoms with Crippen LogP contribution in [0.25, 0.3) is 0 Å². The number of aryl methyl sites for hydroxylation is 1. The summed E-state index contributed by atoms with van der Waals surface area (Å²) in [5.74, 6) is 2.24. The van der Waals surface area contributed by atoms with Crippen LogP contribution in [-0.4, -0.2) is 19.5 Å². The third-order valence-electron chi connectivity index (χ3n) is 6.63. The first-order valence-corrected chi connectivity index (χ1v) is 11.2. The largest absolute Gasteiger partial charge is 0.496 e. The number of unbranched alkanes of at least 4 members (excludes halogenated alkanes) is 2. The molecule has 1 aliphatic heterocycles. The highest BCUT2D eigenvalue weighted by Crippen LogP contribution is 2.52. The molecule has 2 aromatic rings. The zero-order valence-electron chi connectivity index (χ0n) is 18.3. The Bertz CT molecular complexity index is 911. The molecule has 3 heteroatoms. The van der Waals surface area contributed by atoms with Crippen molar-refractivity contribution in [2.45, 2.75) is 57.8 Å². The highest BCUT2D eigenvalue weighted by atomic mass is 16.5. The van der Waals surface area contributed by atoms with Crippen LogP contribution in [0.2, 0.25) is 0 Å². The Balaban J connectivity index is 1.74. The summed E-state index contributed by atoms with van der Waals surface area (Å²) in [6.45, 7) is 4.50. The number of benzene rings is 2. The molecule has 0 aromatic heterocycles. The molecule has 0 saturated carbocycles. The molecule has 30 heavy (non-hydrogen) atoms. The van der Waals surface area contributed by atoms with Crippen LogP contribution in [0.3, 0.4) is 0 Å². The molecule has 1 aliphatic carbocycles. The van der Waals surface area contributed by atoms with E-state index >= 15 is 0 Å². The van der Waals surface area contributed by atoms with Gasteiger partial charge in [-0.05, 0) is 55.0 Å². The summed E-state index contributed by atoms with van der Waals surface area (Å²) in [5, 5.41) is 0. The zero-order chi connectivity index (χ0) is 21.1. The van der Waals surface area contributed by atoms with Crippen molar-refractivity contribution in [3.63, 3.8) is 0 Å². The van der Waals surface area contributed by atoms with Gasteiger partial charge in [-0.15, -0.1) is 0 Å². The van der Waals surface area contributed by atoms with Gasteiger partial charge in [0, 0.05) is 23.3 Å². The lowest BCUT2D eigenvalue weighted by Crippen LogP contribution is -2.33. The van der Waals surface area contributed by atoms with Gasteiger partial charge in [0.1, 0.15) is 23.9 Å². The van der Waals surface area contributed by atoms with Crippen molar-refractivity contribution >= 4 is 5.78 Å². The van der Waals surface area contributed by atoms with Gasteiger partial charge in [-0.3, -0.25) is 4.79 Å². The molecule has 3 nitrogen and oxygen atoms in total. The van der Waals surface area contributed by atoms with E-state index in [1.54, 1.807) is 14.0 Å². The number of ether oxygens (including phenoxy) is 2. The molecule has 0 amide bonds. The second kappa shape index (κ2) is 9.07. The van der Waals surface area contributed by atoms with Crippen molar-refractivity contribution in [2.75, 3.05) is 13.7 Å². The van der Waals surface area contributed by atoms with Crippen LogP contribution >= 0.6 is 0 Å². The maximum atomic E-state index is 12.8. The summed E-state index contributed by atoms with van der Waals surface area (Å²) < 4.78 is 12.1. The highest BCUT2D eigenvalue weighted by Gasteiger charge is 2.41. The highest BCUT2D eigenvalue weighted by molar-refractivity contribution is 5.81. The number of carbonyl (C=O) groups is 1. The molecule has 3 atom stereocenters. The predicted octanol–water partition coefficient (Wildman–Crippen LogP) is 6.22. The van der Waals surface area contributed by atoms with Gasteiger partial charge in [-0.25, -0.2) is 0 Å². The van der Waals surface area contributed by atoms with Gasteiger partial charge in [0.25, 0.3) is 0 Å². The number of Topliss-reactive ketones (excluding diaryl/α,β-unsaturated/α-hetero) is 1. The summed E-state index contributed by atoms with van der Waals surface area (Å²) in [5.41, 5.74) is 4.78. The van der Waals surface area contributed by atoms with Crippen LogP contribution in [0.5, 0.6) is 11.5 Å². The summed E-state index contributed by atoms with van der Waals surface area (Å²) in [7, 11) is 1.72. The van der Waals surface area contributed by atoms with E-state index in [0.29, 0.717) is 6.61 Å². The molecule has 4 rings (SSSR count). The van der Waals surface area contributed by atoms with E-state index in [0.717, 1.165) is 29.9 Å². The molecular weight excluding hydrogens is 372 g/mol. The Morgan fingerprint density at radius 3 is 2.67 bits per heavy atom. The second-order valence-corrected chi connectivity index (χ2v) is 8.64. The molecule has 158 valence electrons. The maximum absolute atomic E-state index is 12.8. The van der Waals surface area contributed by atoms with E-state index in [-0.39, 0.29) is 23.5 Å². The summed E-state index contributed by atoms with van der Waals surface area (Å²) >= 11 is 0. The van der Waals surface area contributed by atoms with Crippen molar-refractivity contribution in [2.24, 2.45) is 5.92 Å². The topological polar surface area (TPSA) is 35.5 Å². The average Bonchev–Trinajstić information content (AvgIpc) is 2.78. The molecule has 2 aliphatic rings. The van der Waals surface area contributed by atoms with Crippen LogP contribution in [0.4, 0.5) is 0 Å². The minimum absolute atomic E-state index is 0.0471. The van der Waals surface area contributed by atoms with E-state index in [2.05, 4.69) is 49.4 Å². The Kier molecular flexibility index (Phi) is 6.26. The minimum atomic E-state index is -0.0577. The van der Waals surface area contributed by atoms with Gasteiger partial charge in [-0.2, -0.15) is 0 Å². The number of methoxy groups -OCH3 is 1. The Hall–Kier alpha value is -2.55. The average molecular weight is 405 g/mol.